The van der Waals surface area contributed by atoms with E-state index in [0.717, 1.165) is 23.9 Å². The average molecular weight is 236 g/mol. The van der Waals surface area contributed by atoms with E-state index in [1.165, 1.54) is 64.5 Å². The monoisotopic (exact) mass is 236 g/mol. The van der Waals surface area contributed by atoms with Gasteiger partial charge in [-0.05, 0) is 70.5 Å². The van der Waals surface area contributed by atoms with Crippen LogP contribution in [0.15, 0.2) is 0 Å². The first-order valence-electron chi connectivity index (χ1n) is 7.80. The van der Waals surface area contributed by atoms with Crippen molar-refractivity contribution in [1.29, 1.82) is 0 Å². The van der Waals surface area contributed by atoms with Crippen molar-refractivity contribution in [2.75, 3.05) is 20.1 Å². The highest BCUT2D eigenvalue weighted by Gasteiger charge is 2.42. The molecule has 0 aromatic heterocycles. The van der Waals surface area contributed by atoms with E-state index in [2.05, 4.69) is 17.3 Å². The summed E-state index contributed by atoms with van der Waals surface area (Å²) in [6, 6.07) is 1.89. The second-order valence-corrected chi connectivity index (χ2v) is 6.45. The Kier molecular flexibility index (Phi) is 3.72. The zero-order valence-electron chi connectivity index (χ0n) is 11.3. The molecule has 3 unspecified atom stereocenters. The molecule has 1 N–H and O–H groups in total. The van der Waals surface area contributed by atoms with Crippen molar-refractivity contribution >= 4 is 0 Å². The summed E-state index contributed by atoms with van der Waals surface area (Å²) in [5.74, 6) is 2.00. The third-order valence-corrected chi connectivity index (χ3v) is 5.56. The minimum atomic E-state index is 0.926. The van der Waals surface area contributed by atoms with Crippen LogP contribution in [-0.4, -0.2) is 37.1 Å². The molecule has 1 saturated heterocycles. The summed E-state index contributed by atoms with van der Waals surface area (Å²) in [5.41, 5.74) is 0. The minimum absolute atomic E-state index is 0.926. The van der Waals surface area contributed by atoms with Crippen LogP contribution in [0.25, 0.3) is 0 Å². The van der Waals surface area contributed by atoms with Crippen LogP contribution in [0.2, 0.25) is 0 Å². The molecule has 1 heterocycles. The molecule has 0 bridgehead atoms. The van der Waals surface area contributed by atoms with Gasteiger partial charge in [-0.25, -0.2) is 0 Å². The summed E-state index contributed by atoms with van der Waals surface area (Å²) in [5, 5.41) is 3.38. The third kappa shape index (κ3) is 2.26. The van der Waals surface area contributed by atoms with Gasteiger partial charge < -0.3 is 5.32 Å². The molecule has 0 radical (unpaired) electrons. The fourth-order valence-electron chi connectivity index (χ4n) is 4.56. The lowest BCUT2D eigenvalue weighted by Crippen LogP contribution is -2.53. The zero-order valence-corrected chi connectivity index (χ0v) is 11.3. The van der Waals surface area contributed by atoms with Crippen LogP contribution in [0.4, 0.5) is 0 Å². The fraction of sp³-hybridized carbons (Fsp3) is 1.00. The average Bonchev–Trinajstić information content (AvgIpc) is 2.93. The lowest BCUT2D eigenvalue weighted by atomic mass is 9.77. The topological polar surface area (TPSA) is 15.3 Å². The summed E-state index contributed by atoms with van der Waals surface area (Å²) in [6.45, 7) is 2.63. The van der Waals surface area contributed by atoms with E-state index < -0.39 is 0 Å². The lowest BCUT2D eigenvalue weighted by molar-refractivity contribution is 0.0338. The summed E-state index contributed by atoms with van der Waals surface area (Å²) >= 11 is 0. The molecular weight excluding hydrogens is 208 g/mol. The molecule has 3 fully saturated rings. The van der Waals surface area contributed by atoms with E-state index in [1.807, 2.05) is 0 Å². The van der Waals surface area contributed by atoms with Gasteiger partial charge in [-0.3, -0.25) is 4.90 Å². The zero-order chi connectivity index (χ0) is 11.7. The summed E-state index contributed by atoms with van der Waals surface area (Å²) < 4.78 is 0. The van der Waals surface area contributed by atoms with Crippen molar-refractivity contribution in [2.45, 2.75) is 63.5 Å². The summed E-state index contributed by atoms with van der Waals surface area (Å²) in [4.78, 5) is 2.92. The number of rotatable bonds is 4. The maximum atomic E-state index is 3.38. The van der Waals surface area contributed by atoms with Gasteiger partial charge in [0.2, 0.25) is 0 Å². The number of nitrogens with zero attached hydrogens (tertiary/aromatic N) is 1. The summed E-state index contributed by atoms with van der Waals surface area (Å²) in [6.07, 6.45) is 11.9. The van der Waals surface area contributed by atoms with Gasteiger partial charge >= 0.3 is 0 Å². The van der Waals surface area contributed by atoms with Gasteiger partial charge in [0, 0.05) is 12.1 Å². The first kappa shape index (κ1) is 12.0. The number of hydrogen-bond donors (Lipinski definition) is 1. The largest absolute Gasteiger partial charge is 0.319 e. The van der Waals surface area contributed by atoms with Gasteiger partial charge in [-0.2, -0.15) is 0 Å². The predicted octanol–water partition coefficient (Wildman–Crippen LogP) is 2.64. The highest BCUT2D eigenvalue weighted by molar-refractivity contribution is 4.97. The molecule has 3 rings (SSSR count). The van der Waals surface area contributed by atoms with Crippen LogP contribution in [0.1, 0.15) is 51.4 Å². The fourth-order valence-corrected chi connectivity index (χ4v) is 4.56. The second kappa shape index (κ2) is 5.27. The van der Waals surface area contributed by atoms with Crippen LogP contribution in [0, 0.1) is 11.8 Å². The van der Waals surface area contributed by atoms with Crippen molar-refractivity contribution in [2.24, 2.45) is 11.8 Å². The van der Waals surface area contributed by atoms with Crippen molar-refractivity contribution in [3.63, 3.8) is 0 Å². The third-order valence-electron chi connectivity index (χ3n) is 5.56. The first-order chi connectivity index (χ1) is 8.40. The van der Waals surface area contributed by atoms with Crippen molar-refractivity contribution in [3.05, 3.63) is 0 Å². The Hall–Kier alpha value is -0.0800. The smallest absolute Gasteiger partial charge is 0.0139 e. The van der Waals surface area contributed by atoms with E-state index in [-0.39, 0.29) is 0 Å². The molecule has 0 amide bonds. The Bertz CT molecular complexity index is 247. The highest BCUT2D eigenvalue weighted by Crippen LogP contribution is 2.41. The molecule has 3 aliphatic rings. The van der Waals surface area contributed by atoms with Crippen LogP contribution >= 0.6 is 0 Å². The summed E-state index contributed by atoms with van der Waals surface area (Å²) in [7, 11) is 2.10. The molecule has 1 aliphatic heterocycles. The van der Waals surface area contributed by atoms with Gasteiger partial charge in [0.25, 0.3) is 0 Å². The Labute approximate surface area is 106 Å². The van der Waals surface area contributed by atoms with Gasteiger partial charge in [0.1, 0.15) is 0 Å². The first-order valence-corrected chi connectivity index (χ1v) is 7.80. The van der Waals surface area contributed by atoms with E-state index >= 15 is 0 Å². The minimum Gasteiger partial charge on any atom is -0.319 e. The van der Waals surface area contributed by atoms with Crippen molar-refractivity contribution in [1.82, 2.24) is 10.2 Å². The Morgan fingerprint density at radius 1 is 0.941 bits per heavy atom. The van der Waals surface area contributed by atoms with E-state index in [1.54, 1.807) is 0 Å². The maximum Gasteiger partial charge on any atom is 0.0139 e. The van der Waals surface area contributed by atoms with Gasteiger partial charge in [-0.15, -0.1) is 0 Å². The van der Waals surface area contributed by atoms with E-state index in [0.29, 0.717) is 0 Å². The normalized spacial score (nSPS) is 39.7. The SMILES string of the molecule is CNCC1CCC1N1CCCC1C1CCCC1. The van der Waals surface area contributed by atoms with Gasteiger partial charge in [-0.1, -0.05) is 12.8 Å². The number of likely N-dealkylation sites (tertiary alicyclic amines) is 1. The predicted molar refractivity (Wildman–Crippen MR) is 72.1 cm³/mol. The van der Waals surface area contributed by atoms with Crippen molar-refractivity contribution in [3.8, 4) is 0 Å². The highest BCUT2D eigenvalue weighted by atomic mass is 15.2. The van der Waals surface area contributed by atoms with E-state index in [4.69, 9.17) is 0 Å². The molecule has 0 aromatic carbocycles. The number of hydrogen-bond acceptors (Lipinski definition) is 2. The molecule has 0 aromatic rings. The van der Waals surface area contributed by atoms with Crippen LogP contribution in [0.3, 0.4) is 0 Å². The molecule has 17 heavy (non-hydrogen) atoms. The molecule has 2 aliphatic carbocycles. The second-order valence-electron chi connectivity index (χ2n) is 6.45. The molecular formula is C15H28N2. The Morgan fingerprint density at radius 3 is 2.41 bits per heavy atom. The quantitative estimate of drug-likeness (QED) is 0.807. The Balaban J connectivity index is 1.61. The number of nitrogens with one attached hydrogen (secondary N) is 1. The molecule has 98 valence electrons. The van der Waals surface area contributed by atoms with Crippen LogP contribution in [0.5, 0.6) is 0 Å². The molecule has 2 nitrogen and oxygen atoms in total. The van der Waals surface area contributed by atoms with Gasteiger partial charge in [0.15, 0.2) is 0 Å². The van der Waals surface area contributed by atoms with Crippen molar-refractivity contribution < 1.29 is 0 Å². The van der Waals surface area contributed by atoms with Crippen LogP contribution in [-0.2, 0) is 0 Å². The molecule has 2 heteroatoms. The van der Waals surface area contributed by atoms with E-state index in [9.17, 15) is 0 Å². The molecule has 3 atom stereocenters. The maximum absolute atomic E-state index is 3.38. The van der Waals surface area contributed by atoms with Gasteiger partial charge in [0.05, 0.1) is 0 Å². The molecule has 0 spiro atoms. The van der Waals surface area contributed by atoms with Crippen LogP contribution < -0.4 is 5.32 Å². The Morgan fingerprint density at radius 2 is 1.76 bits per heavy atom. The lowest BCUT2D eigenvalue weighted by Gasteiger charge is -2.46. The molecule has 2 saturated carbocycles. The standard InChI is InChI=1S/C15H28N2/c1-16-11-13-8-9-15(13)17-10-4-7-14(17)12-5-2-3-6-12/h12-16H,2-11H2,1H3.